The van der Waals surface area contributed by atoms with Crippen LogP contribution in [0.3, 0.4) is 0 Å². The highest BCUT2D eigenvalue weighted by Crippen LogP contribution is 2.18. The highest BCUT2D eigenvalue weighted by molar-refractivity contribution is 4.95. The van der Waals surface area contributed by atoms with E-state index in [1.54, 1.807) is 0 Å². The maximum absolute atomic E-state index is 3.41. The molecule has 0 aromatic carbocycles. The van der Waals surface area contributed by atoms with E-state index in [1.807, 2.05) is 0 Å². The quantitative estimate of drug-likeness (QED) is 0.652. The number of hydrogen-bond acceptors (Lipinski definition) is 2. The smallest absolute Gasteiger partial charge is 0.00433 e. The first-order valence-corrected chi connectivity index (χ1v) is 6.05. The minimum atomic E-state index is 0.853. The Kier molecular flexibility index (Phi) is 4.02. The standard InChI is InChI=1S/C12H22N2/c1(11-3-7-13-8-4-11)2-12-5-9-14-10-6-12/h1-2,11-14H,3-10H2/b2-1+. The lowest BCUT2D eigenvalue weighted by Crippen LogP contribution is -2.28. The molecule has 2 rings (SSSR count). The Morgan fingerprint density at radius 3 is 1.36 bits per heavy atom. The fourth-order valence-corrected chi connectivity index (χ4v) is 2.39. The van der Waals surface area contributed by atoms with Crippen molar-refractivity contribution >= 4 is 0 Å². The number of nitrogens with one attached hydrogen (secondary N) is 2. The van der Waals surface area contributed by atoms with Gasteiger partial charge >= 0.3 is 0 Å². The molecule has 14 heavy (non-hydrogen) atoms. The van der Waals surface area contributed by atoms with Crippen molar-refractivity contribution in [3.63, 3.8) is 0 Å². The normalized spacial score (nSPS) is 27.1. The molecule has 0 radical (unpaired) electrons. The van der Waals surface area contributed by atoms with Crippen LogP contribution in [0.25, 0.3) is 0 Å². The SMILES string of the molecule is C(=C\C1CCNCC1)/C1CCNCC1. The third-order valence-corrected chi connectivity index (χ3v) is 3.42. The molecule has 0 unspecified atom stereocenters. The number of piperidine rings is 2. The summed E-state index contributed by atoms with van der Waals surface area (Å²) >= 11 is 0. The summed E-state index contributed by atoms with van der Waals surface area (Å²) in [5, 5.41) is 6.82. The lowest BCUT2D eigenvalue weighted by molar-refractivity contribution is 0.418. The van der Waals surface area contributed by atoms with Gasteiger partial charge in [0.15, 0.2) is 0 Å². The lowest BCUT2D eigenvalue weighted by Gasteiger charge is -2.22. The predicted octanol–water partition coefficient (Wildman–Crippen LogP) is 1.54. The highest BCUT2D eigenvalue weighted by Gasteiger charge is 2.12. The van der Waals surface area contributed by atoms with Crippen molar-refractivity contribution in [3.05, 3.63) is 12.2 Å². The largest absolute Gasteiger partial charge is 0.317 e. The van der Waals surface area contributed by atoms with E-state index < -0.39 is 0 Å². The third kappa shape index (κ3) is 3.10. The van der Waals surface area contributed by atoms with Gasteiger partial charge in [-0.2, -0.15) is 0 Å². The summed E-state index contributed by atoms with van der Waals surface area (Å²) in [6.07, 6.45) is 10.3. The molecular formula is C12H22N2. The van der Waals surface area contributed by atoms with Crippen LogP contribution in [0.5, 0.6) is 0 Å². The van der Waals surface area contributed by atoms with Gasteiger partial charge in [0.1, 0.15) is 0 Å². The molecule has 0 bridgehead atoms. The van der Waals surface area contributed by atoms with E-state index >= 15 is 0 Å². The summed E-state index contributed by atoms with van der Waals surface area (Å²) in [7, 11) is 0. The Bertz CT molecular complexity index is 157. The summed E-state index contributed by atoms with van der Waals surface area (Å²) in [5.41, 5.74) is 0. The molecule has 2 aliphatic heterocycles. The van der Waals surface area contributed by atoms with E-state index in [2.05, 4.69) is 22.8 Å². The molecule has 2 aliphatic rings. The number of allylic oxidation sites excluding steroid dienone is 2. The Hall–Kier alpha value is -0.340. The Morgan fingerprint density at radius 1 is 0.643 bits per heavy atom. The molecule has 0 aliphatic carbocycles. The van der Waals surface area contributed by atoms with Gasteiger partial charge in [-0.05, 0) is 63.7 Å². The van der Waals surface area contributed by atoms with Crippen LogP contribution < -0.4 is 10.6 Å². The number of rotatable bonds is 2. The molecule has 2 fully saturated rings. The van der Waals surface area contributed by atoms with E-state index in [-0.39, 0.29) is 0 Å². The summed E-state index contributed by atoms with van der Waals surface area (Å²) < 4.78 is 0. The van der Waals surface area contributed by atoms with Gasteiger partial charge in [-0.1, -0.05) is 12.2 Å². The van der Waals surface area contributed by atoms with Crippen LogP contribution in [0, 0.1) is 11.8 Å². The van der Waals surface area contributed by atoms with Crippen LogP contribution in [-0.4, -0.2) is 26.2 Å². The topological polar surface area (TPSA) is 24.1 Å². The van der Waals surface area contributed by atoms with Gasteiger partial charge in [0, 0.05) is 0 Å². The van der Waals surface area contributed by atoms with Gasteiger partial charge in [-0.25, -0.2) is 0 Å². The van der Waals surface area contributed by atoms with Gasteiger partial charge in [0.05, 0.1) is 0 Å². The molecular weight excluding hydrogens is 172 g/mol. The molecule has 80 valence electrons. The van der Waals surface area contributed by atoms with Crippen molar-refractivity contribution in [1.29, 1.82) is 0 Å². The van der Waals surface area contributed by atoms with Gasteiger partial charge < -0.3 is 10.6 Å². The molecule has 0 saturated carbocycles. The summed E-state index contributed by atoms with van der Waals surface area (Å²) in [6.45, 7) is 4.84. The maximum atomic E-state index is 3.41. The number of hydrogen-bond donors (Lipinski definition) is 2. The van der Waals surface area contributed by atoms with Crippen LogP contribution >= 0.6 is 0 Å². The van der Waals surface area contributed by atoms with Gasteiger partial charge in [-0.15, -0.1) is 0 Å². The third-order valence-electron chi connectivity index (χ3n) is 3.42. The van der Waals surface area contributed by atoms with E-state index in [9.17, 15) is 0 Å². The first-order chi connectivity index (χ1) is 6.95. The highest BCUT2D eigenvalue weighted by atomic mass is 14.9. The summed E-state index contributed by atoms with van der Waals surface area (Å²) in [5.74, 6) is 1.71. The molecule has 2 N–H and O–H groups in total. The van der Waals surface area contributed by atoms with Crippen molar-refractivity contribution < 1.29 is 0 Å². The van der Waals surface area contributed by atoms with Crippen molar-refractivity contribution in [3.8, 4) is 0 Å². The molecule has 0 spiro atoms. The van der Waals surface area contributed by atoms with E-state index in [0.717, 1.165) is 11.8 Å². The van der Waals surface area contributed by atoms with Crippen molar-refractivity contribution in [2.24, 2.45) is 11.8 Å². The maximum Gasteiger partial charge on any atom is -0.00433 e. The summed E-state index contributed by atoms with van der Waals surface area (Å²) in [6, 6.07) is 0. The molecule has 2 saturated heterocycles. The molecule has 0 aromatic heterocycles. The predicted molar refractivity (Wildman–Crippen MR) is 60.3 cm³/mol. The van der Waals surface area contributed by atoms with E-state index in [1.165, 1.54) is 51.9 Å². The molecule has 0 amide bonds. The average molecular weight is 194 g/mol. The van der Waals surface area contributed by atoms with Crippen molar-refractivity contribution in [2.45, 2.75) is 25.7 Å². The fourth-order valence-electron chi connectivity index (χ4n) is 2.39. The molecule has 2 heterocycles. The van der Waals surface area contributed by atoms with Crippen LogP contribution in [0.2, 0.25) is 0 Å². The Labute approximate surface area is 87.2 Å². The van der Waals surface area contributed by atoms with Crippen LogP contribution in [0.1, 0.15) is 25.7 Å². The zero-order chi connectivity index (χ0) is 9.64. The Morgan fingerprint density at radius 2 is 1.00 bits per heavy atom. The average Bonchev–Trinajstić information content (AvgIpc) is 2.29. The second kappa shape index (κ2) is 5.52. The monoisotopic (exact) mass is 194 g/mol. The second-order valence-electron chi connectivity index (χ2n) is 4.56. The first-order valence-electron chi connectivity index (χ1n) is 6.05. The lowest BCUT2D eigenvalue weighted by atomic mass is 9.92. The zero-order valence-electron chi connectivity index (χ0n) is 8.97. The van der Waals surface area contributed by atoms with Crippen LogP contribution in [-0.2, 0) is 0 Å². The van der Waals surface area contributed by atoms with Crippen LogP contribution in [0.4, 0.5) is 0 Å². The molecule has 2 heteroatoms. The summed E-state index contributed by atoms with van der Waals surface area (Å²) in [4.78, 5) is 0. The van der Waals surface area contributed by atoms with Crippen molar-refractivity contribution in [2.75, 3.05) is 26.2 Å². The van der Waals surface area contributed by atoms with Crippen molar-refractivity contribution in [1.82, 2.24) is 10.6 Å². The molecule has 0 aromatic rings. The molecule has 0 atom stereocenters. The Balaban J connectivity index is 1.73. The molecule has 2 nitrogen and oxygen atoms in total. The van der Waals surface area contributed by atoms with Gasteiger partial charge in [0.25, 0.3) is 0 Å². The van der Waals surface area contributed by atoms with Crippen LogP contribution in [0.15, 0.2) is 12.2 Å². The fraction of sp³-hybridized carbons (Fsp3) is 0.833. The first kappa shape index (κ1) is 10.2. The van der Waals surface area contributed by atoms with E-state index in [0.29, 0.717) is 0 Å². The van der Waals surface area contributed by atoms with E-state index in [4.69, 9.17) is 0 Å². The minimum Gasteiger partial charge on any atom is -0.317 e. The van der Waals surface area contributed by atoms with Gasteiger partial charge in [0.2, 0.25) is 0 Å². The van der Waals surface area contributed by atoms with Gasteiger partial charge in [-0.3, -0.25) is 0 Å². The second-order valence-corrected chi connectivity index (χ2v) is 4.56. The zero-order valence-corrected chi connectivity index (χ0v) is 8.97. The minimum absolute atomic E-state index is 0.853.